The minimum absolute atomic E-state index is 0.154. The van der Waals surface area contributed by atoms with Crippen LogP contribution in [-0.4, -0.2) is 36.0 Å². The van der Waals surface area contributed by atoms with Gasteiger partial charge in [-0.2, -0.15) is 0 Å². The Morgan fingerprint density at radius 2 is 2.10 bits per heavy atom. The standard InChI is InChI=1S/C16H20ClNO3/c1-3-21-16(20)14-6-4-5-7-18(14)15(19)12-8-11(2)9-13(17)10-12/h8-10,14H,3-7H2,1-2H3. The molecule has 0 aliphatic carbocycles. The van der Waals surface area contributed by atoms with Crippen LogP contribution in [0.4, 0.5) is 0 Å². The summed E-state index contributed by atoms with van der Waals surface area (Å²) >= 11 is 6.02. The molecule has 114 valence electrons. The molecule has 0 bridgehead atoms. The van der Waals surface area contributed by atoms with Crippen molar-refractivity contribution in [1.29, 1.82) is 0 Å². The molecule has 0 saturated carbocycles. The number of carbonyl (C=O) groups is 2. The van der Waals surface area contributed by atoms with Crippen LogP contribution in [0, 0.1) is 6.92 Å². The van der Waals surface area contributed by atoms with E-state index in [1.807, 2.05) is 6.92 Å². The summed E-state index contributed by atoms with van der Waals surface area (Å²) in [6, 6.07) is 4.77. The lowest BCUT2D eigenvalue weighted by Gasteiger charge is -2.34. The van der Waals surface area contributed by atoms with Crippen LogP contribution in [0.3, 0.4) is 0 Å². The maximum atomic E-state index is 12.7. The molecule has 0 spiro atoms. The fraction of sp³-hybridized carbons (Fsp3) is 0.500. The van der Waals surface area contributed by atoms with Crippen molar-refractivity contribution in [2.75, 3.05) is 13.2 Å². The average Bonchev–Trinajstić information content (AvgIpc) is 2.45. The van der Waals surface area contributed by atoms with Gasteiger partial charge in [0.1, 0.15) is 6.04 Å². The van der Waals surface area contributed by atoms with E-state index < -0.39 is 6.04 Å². The van der Waals surface area contributed by atoms with Gasteiger partial charge in [-0.05, 0) is 56.9 Å². The van der Waals surface area contributed by atoms with E-state index in [1.54, 1.807) is 30.0 Å². The molecule has 0 aromatic heterocycles. The van der Waals surface area contributed by atoms with Crippen molar-refractivity contribution in [1.82, 2.24) is 4.90 Å². The Morgan fingerprint density at radius 3 is 2.76 bits per heavy atom. The average molecular weight is 310 g/mol. The fourth-order valence-electron chi connectivity index (χ4n) is 2.68. The number of rotatable bonds is 3. The zero-order chi connectivity index (χ0) is 15.4. The number of hydrogen-bond acceptors (Lipinski definition) is 3. The molecule has 1 atom stereocenters. The Hall–Kier alpha value is -1.55. The topological polar surface area (TPSA) is 46.6 Å². The van der Waals surface area contributed by atoms with Gasteiger partial charge in [-0.3, -0.25) is 4.79 Å². The molecule has 0 N–H and O–H groups in total. The molecule has 1 unspecified atom stereocenters. The van der Waals surface area contributed by atoms with Crippen LogP contribution in [0.15, 0.2) is 18.2 Å². The third-order valence-electron chi connectivity index (χ3n) is 3.61. The molecule has 1 aromatic carbocycles. The monoisotopic (exact) mass is 309 g/mol. The normalized spacial score (nSPS) is 18.4. The van der Waals surface area contributed by atoms with Crippen molar-refractivity contribution < 1.29 is 14.3 Å². The van der Waals surface area contributed by atoms with E-state index in [0.717, 1.165) is 18.4 Å². The molecule has 2 rings (SSSR count). The first-order valence-electron chi connectivity index (χ1n) is 7.27. The molecular formula is C16H20ClNO3. The Balaban J connectivity index is 2.24. The molecule has 21 heavy (non-hydrogen) atoms. The number of ether oxygens (including phenoxy) is 1. The first-order valence-corrected chi connectivity index (χ1v) is 7.65. The molecule has 1 saturated heterocycles. The van der Waals surface area contributed by atoms with E-state index in [-0.39, 0.29) is 11.9 Å². The van der Waals surface area contributed by atoms with E-state index in [4.69, 9.17) is 16.3 Å². The second-order valence-electron chi connectivity index (χ2n) is 5.28. The van der Waals surface area contributed by atoms with Gasteiger partial charge < -0.3 is 9.64 Å². The van der Waals surface area contributed by atoms with Gasteiger partial charge in [0.25, 0.3) is 5.91 Å². The summed E-state index contributed by atoms with van der Waals surface area (Å²) in [6.45, 7) is 4.57. The summed E-state index contributed by atoms with van der Waals surface area (Å²) in [5, 5.41) is 0.531. The zero-order valence-corrected chi connectivity index (χ0v) is 13.2. The van der Waals surface area contributed by atoms with E-state index in [9.17, 15) is 9.59 Å². The highest BCUT2D eigenvalue weighted by atomic mass is 35.5. The van der Waals surface area contributed by atoms with Crippen LogP contribution in [0.25, 0.3) is 0 Å². The number of nitrogens with zero attached hydrogens (tertiary/aromatic N) is 1. The van der Waals surface area contributed by atoms with Gasteiger partial charge in [0, 0.05) is 17.1 Å². The molecular weight excluding hydrogens is 290 g/mol. The van der Waals surface area contributed by atoms with Crippen LogP contribution in [0.1, 0.15) is 42.1 Å². The lowest BCUT2D eigenvalue weighted by atomic mass is 10.0. The Bertz CT molecular complexity index is 524. The second kappa shape index (κ2) is 6.94. The van der Waals surface area contributed by atoms with E-state index in [1.165, 1.54) is 0 Å². The molecule has 0 radical (unpaired) electrons. The minimum Gasteiger partial charge on any atom is -0.464 e. The first-order chi connectivity index (χ1) is 10.0. The molecule has 5 heteroatoms. The van der Waals surface area contributed by atoms with Gasteiger partial charge in [0.2, 0.25) is 0 Å². The summed E-state index contributed by atoms with van der Waals surface area (Å²) < 4.78 is 5.09. The highest BCUT2D eigenvalue weighted by Crippen LogP contribution is 2.23. The van der Waals surface area contributed by atoms with Gasteiger partial charge >= 0.3 is 5.97 Å². The van der Waals surface area contributed by atoms with E-state index >= 15 is 0 Å². The number of hydrogen-bond donors (Lipinski definition) is 0. The van der Waals surface area contributed by atoms with E-state index in [2.05, 4.69) is 0 Å². The van der Waals surface area contributed by atoms with Gasteiger partial charge in [-0.25, -0.2) is 4.79 Å². The predicted octanol–water partition coefficient (Wildman–Crippen LogP) is 3.21. The maximum Gasteiger partial charge on any atom is 0.328 e. The lowest BCUT2D eigenvalue weighted by molar-refractivity contribution is -0.149. The number of amides is 1. The second-order valence-corrected chi connectivity index (χ2v) is 5.72. The first kappa shape index (κ1) is 15.8. The number of esters is 1. The zero-order valence-electron chi connectivity index (χ0n) is 12.4. The van der Waals surface area contributed by atoms with Crippen molar-refractivity contribution in [3.8, 4) is 0 Å². The number of likely N-dealkylation sites (tertiary alicyclic amines) is 1. The van der Waals surface area contributed by atoms with Gasteiger partial charge in [0.15, 0.2) is 0 Å². The molecule has 1 heterocycles. The van der Waals surface area contributed by atoms with Gasteiger partial charge in [-0.15, -0.1) is 0 Å². The van der Waals surface area contributed by atoms with Crippen molar-refractivity contribution in [2.24, 2.45) is 0 Å². The van der Waals surface area contributed by atoms with Crippen LogP contribution in [0.2, 0.25) is 5.02 Å². The molecule has 4 nitrogen and oxygen atoms in total. The highest BCUT2D eigenvalue weighted by Gasteiger charge is 2.33. The van der Waals surface area contributed by atoms with Gasteiger partial charge in [0.05, 0.1) is 6.61 Å². The molecule has 1 amide bonds. The largest absolute Gasteiger partial charge is 0.464 e. The molecule has 1 aromatic rings. The Kier molecular flexibility index (Phi) is 5.23. The Labute approximate surface area is 130 Å². The molecule has 1 aliphatic heterocycles. The quantitative estimate of drug-likeness (QED) is 0.806. The fourth-order valence-corrected chi connectivity index (χ4v) is 2.97. The van der Waals surface area contributed by atoms with Crippen molar-refractivity contribution in [2.45, 2.75) is 39.2 Å². The maximum absolute atomic E-state index is 12.7. The number of piperidine rings is 1. The summed E-state index contributed by atoms with van der Waals surface area (Å²) in [5.41, 5.74) is 1.45. The lowest BCUT2D eigenvalue weighted by Crippen LogP contribution is -2.48. The van der Waals surface area contributed by atoms with E-state index in [0.29, 0.717) is 30.2 Å². The highest BCUT2D eigenvalue weighted by molar-refractivity contribution is 6.31. The number of carbonyl (C=O) groups excluding carboxylic acids is 2. The molecule has 1 aliphatic rings. The SMILES string of the molecule is CCOC(=O)C1CCCCN1C(=O)c1cc(C)cc(Cl)c1. The van der Waals surface area contributed by atoms with Gasteiger partial charge in [-0.1, -0.05) is 11.6 Å². The third-order valence-corrected chi connectivity index (χ3v) is 3.83. The predicted molar refractivity (Wildman–Crippen MR) is 81.5 cm³/mol. The van der Waals surface area contributed by atoms with Crippen LogP contribution < -0.4 is 0 Å². The third kappa shape index (κ3) is 3.76. The number of aryl methyl sites for hydroxylation is 1. The number of benzene rings is 1. The van der Waals surface area contributed by atoms with Crippen molar-refractivity contribution >= 4 is 23.5 Å². The number of halogens is 1. The van der Waals surface area contributed by atoms with Crippen molar-refractivity contribution in [3.05, 3.63) is 34.3 Å². The van der Waals surface area contributed by atoms with Crippen LogP contribution in [0.5, 0.6) is 0 Å². The summed E-state index contributed by atoms with van der Waals surface area (Å²) in [7, 11) is 0. The summed E-state index contributed by atoms with van der Waals surface area (Å²) in [5.74, 6) is -0.470. The Morgan fingerprint density at radius 1 is 1.33 bits per heavy atom. The smallest absolute Gasteiger partial charge is 0.328 e. The minimum atomic E-state index is -0.481. The van der Waals surface area contributed by atoms with Crippen LogP contribution >= 0.6 is 11.6 Å². The summed E-state index contributed by atoms with van der Waals surface area (Å²) in [4.78, 5) is 26.3. The van der Waals surface area contributed by atoms with Crippen LogP contribution in [-0.2, 0) is 9.53 Å². The van der Waals surface area contributed by atoms with Crippen molar-refractivity contribution in [3.63, 3.8) is 0 Å². The molecule has 1 fully saturated rings. The summed E-state index contributed by atoms with van der Waals surface area (Å²) in [6.07, 6.45) is 2.49.